The first-order valence-electron chi connectivity index (χ1n) is 10.5. The molecular weight excluding hydrogens is 392 g/mol. The molecule has 0 aliphatic heterocycles. The van der Waals surface area contributed by atoms with Gasteiger partial charge >= 0.3 is 0 Å². The van der Waals surface area contributed by atoms with E-state index in [1.807, 2.05) is 42.9 Å². The highest BCUT2D eigenvalue weighted by molar-refractivity contribution is 5.77. The number of fused-ring (bicyclic) bond motifs is 2. The van der Waals surface area contributed by atoms with Crippen molar-refractivity contribution in [3.63, 3.8) is 0 Å². The van der Waals surface area contributed by atoms with E-state index in [-0.39, 0.29) is 11.9 Å². The number of amides is 1. The number of nitrogens with zero attached hydrogens (tertiary/aromatic N) is 7. The summed E-state index contributed by atoms with van der Waals surface area (Å²) >= 11 is 0. The Hall–Kier alpha value is -3.62. The van der Waals surface area contributed by atoms with Crippen molar-refractivity contribution in [2.24, 2.45) is 0 Å². The van der Waals surface area contributed by atoms with Crippen LogP contribution < -0.4 is 5.32 Å². The van der Waals surface area contributed by atoms with Gasteiger partial charge in [-0.25, -0.2) is 19.2 Å². The van der Waals surface area contributed by atoms with E-state index in [4.69, 9.17) is 0 Å². The Morgan fingerprint density at radius 3 is 2.97 bits per heavy atom. The van der Waals surface area contributed by atoms with Gasteiger partial charge in [0.1, 0.15) is 6.33 Å². The number of carbonyl (C=O) groups excluding carboxylic acids is 1. The molecule has 0 saturated carbocycles. The van der Waals surface area contributed by atoms with Crippen molar-refractivity contribution < 1.29 is 4.79 Å². The average Bonchev–Trinajstić information content (AvgIpc) is 3.42. The van der Waals surface area contributed by atoms with Crippen molar-refractivity contribution in [2.75, 3.05) is 0 Å². The minimum absolute atomic E-state index is 0.0215. The monoisotopic (exact) mass is 416 g/mol. The molecule has 1 atom stereocenters. The molecule has 0 aromatic carbocycles. The lowest BCUT2D eigenvalue weighted by Crippen LogP contribution is -2.31. The SMILES string of the molecule is Cc1nc2ncnn2c(C)c1CCC(=O)N[C@H]1CCCc2c1cnn2-c1ccccn1. The molecule has 4 heterocycles. The minimum atomic E-state index is -0.0215. The summed E-state index contributed by atoms with van der Waals surface area (Å²) in [4.78, 5) is 25.9. The summed E-state index contributed by atoms with van der Waals surface area (Å²) in [6.07, 6.45) is 8.98. The smallest absolute Gasteiger partial charge is 0.252 e. The van der Waals surface area contributed by atoms with Crippen LogP contribution in [0.5, 0.6) is 0 Å². The topological polar surface area (TPSA) is 103 Å². The molecule has 0 spiro atoms. The summed E-state index contributed by atoms with van der Waals surface area (Å²) in [5.74, 6) is 1.42. The molecule has 4 aromatic rings. The molecule has 9 nitrogen and oxygen atoms in total. The van der Waals surface area contributed by atoms with Gasteiger partial charge in [-0.3, -0.25) is 4.79 Å². The van der Waals surface area contributed by atoms with Crippen LogP contribution in [0.25, 0.3) is 11.6 Å². The van der Waals surface area contributed by atoms with E-state index in [1.54, 1.807) is 10.7 Å². The van der Waals surface area contributed by atoms with Gasteiger partial charge in [-0.1, -0.05) is 6.07 Å². The molecule has 4 aromatic heterocycles. The van der Waals surface area contributed by atoms with Gasteiger partial charge in [0.05, 0.1) is 17.9 Å². The van der Waals surface area contributed by atoms with Crippen LogP contribution in [0.2, 0.25) is 0 Å². The molecule has 1 N–H and O–H groups in total. The van der Waals surface area contributed by atoms with E-state index in [2.05, 4.69) is 30.5 Å². The highest BCUT2D eigenvalue weighted by Crippen LogP contribution is 2.30. The molecule has 9 heteroatoms. The molecule has 1 aliphatic carbocycles. The van der Waals surface area contributed by atoms with Gasteiger partial charge in [0.2, 0.25) is 5.91 Å². The third-order valence-electron chi connectivity index (χ3n) is 5.98. The summed E-state index contributed by atoms with van der Waals surface area (Å²) in [5.41, 5.74) is 5.12. The Kier molecular flexibility index (Phi) is 4.93. The van der Waals surface area contributed by atoms with E-state index in [0.29, 0.717) is 18.6 Å². The number of pyridine rings is 1. The lowest BCUT2D eigenvalue weighted by atomic mass is 9.92. The fourth-order valence-electron chi connectivity index (χ4n) is 4.41. The van der Waals surface area contributed by atoms with Crippen LogP contribution in [-0.2, 0) is 17.6 Å². The van der Waals surface area contributed by atoms with Gasteiger partial charge in [-0.2, -0.15) is 15.2 Å². The van der Waals surface area contributed by atoms with Gasteiger partial charge in [-0.15, -0.1) is 0 Å². The number of aromatic nitrogens is 7. The van der Waals surface area contributed by atoms with Crippen LogP contribution in [0.15, 0.2) is 36.9 Å². The molecule has 31 heavy (non-hydrogen) atoms. The molecule has 0 fully saturated rings. The molecule has 0 bridgehead atoms. The van der Waals surface area contributed by atoms with Gasteiger partial charge in [0.15, 0.2) is 5.82 Å². The first-order valence-corrected chi connectivity index (χ1v) is 10.5. The normalized spacial score (nSPS) is 15.7. The predicted octanol–water partition coefficient (Wildman–Crippen LogP) is 2.45. The van der Waals surface area contributed by atoms with Crippen LogP contribution in [0.1, 0.15) is 53.5 Å². The zero-order chi connectivity index (χ0) is 21.4. The summed E-state index contributed by atoms with van der Waals surface area (Å²) < 4.78 is 3.61. The number of aryl methyl sites for hydroxylation is 2. The molecule has 0 unspecified atom stereocenters. The first kappa shape index (κ1) is 19.3. The van der Waals surface area contributed by atoms with Crippen molar-refractivity contribution in [3.8, 4) is 5.82 Å². The standard InChI is InChI=1S/C22H24N8O/c1-14-16(15(2)29-22(27-14)24-13-26-29)9-10-21(31)28-18-6-5-7-19-17(18)12-25-30(19)20-8-3-4-11-23-20/h3-4,8,11-13,18H,5-7,9-10H2,1-2H3,(H,28,31)/t18-/m0/s1. The lowest BCUT2D eigenvalue weighted by molar-refractivity contribution is -0.121. The lowest BCUT2D eigenvalue weighted by Gasteiger charge is -2.24. The summed E-state index contributed by atoms with van der Waals surface area (Å²) in [6.45, 7) is 3.94. The summed E-state index contributed by atoms with van der Waals surface area (Å²) in [6, 6.07) is 5.77. The largest absolute Gasteiger partial charge is 0.349 e. The number of hydrogen-bond donors (Lipinski definition) is 1. The highest BCUT2D eigenvalue weighted by atomic mass is 16.1. The second-order valence-corrected chi connectivity index (χ2v) is 7.89. The van der Waals surface area contributed by atoms with Crippen LogP contribution in [0.4, 0.5) is 0 Å². The fraction of sp³-hybridized carbons (Fsp3) is 0.364. The Balaban J connectivity index is 1.30. The molecule has 0 radical (unpaired) electrons. The highest BCUT2D eigenvalue weighted by Gasteiger charge is 2.26. The van der Waals surface area contributed by atoms with Crippen molar-refractivity contribution in [3.05, 3.63) is 65.1 Å². The average molecular weight is 416 g/mol. The fourth-order valence-corrected chi connectivity index (χ4v) is 4.41. The number of rotatable bonds is 5. The maximum atomic E-state index is 12.8. The van der Waals surface area contributed by atoms with Crippen LogP contribution in [0, 0.1) is 13.8 Å². The second-order valence-electron chi connectivity index (χ2n) is 7.89. The van der Waals surface area contributed by atoms with Crippen molar-refractivity contribution in [1.82, 2.24) is 39.7 Å². The van der Waals surface area contributed by atoms with E-state index in [1.165, 1.54) is 6.33 Å². The Labute approximate surface area is 179 Å². The van der Waals surface area contributed by atoms with Crippen molar-refractivity contribution >= 4 is 11.7 Å². The maximum Gasteiger partial charge on any atom is 0.252 e. The van der Waals surface area contributed by atoms with Crippen molar-refractivity contribution in [1.29, 1.82) is 0 Å². The zero-order valence-corrected chi connectivity index (χ0v) is 17.6. The maximum absolute atomic E-state index is 12.8. The predicted molar refractivity (Wildman–Crippen MR) is 114 cm³/mol. The molecule has 1 aliphatic rings. The molecule has 0 saturated heterocycles. The Morgan fingerprint density at radius 1 is 1.23 bits per heavy atom. The van der Waals surface area contributed by atoms with Gasteiger partial charge in [-0.05, 0) is 57.2 Å². The van der Waals surface area contributed by atoms with E-state index >= 15 is 0 Å². The summed E-state index contributed by atoms with van der Waals surface area (Å²) in [5, 5.41) is 12.0. The van der Waals surface area contributed by atoms with Crippen LogP contribution >= 0.6 is 0 Å². The molecular formula is C22H24N8O. The van der Waals surface area contributed by atoms with E-state index < -0.39 is 0 Å². The second kappa shape index (κ2) is 7.90. The molecule has 1 amide bonds. The van der Waals surface area contributed by atoms with E-state index in [0.717, 1.165) is 53.3 Å². The zero-order valence-electron chi connectivity index (χ0n) is 17.6. The van der Waals surface area contributed by atoms with Crippen molar-refractivity contribution in [2.45, 2.75) is 52.0 Å². The number of hydrogen-bond acceptors (Lipinski definition) is 6. The molecule has 158 valence electrons. The number of carbonyl (C=O) groups is 1. The number of nitrogens with one attached hydrogen (secondary N) is 1. The summed E-state index contributed by atoms with van der Waals surface area (Å²) in [7, 11) is 0. The third kappa shape index (κ3) is 3.56. The van der Waals surface area contributed by atoms with Gasteiger partial charge in [0.25, 0.3) is 5.78 Å². The third-order valence-corrected chi connectivity index (χ3v) is 5.98. The quantitative estimate of drug-likeness (QED) is 0.536. The Morgan fingerprint density at radius 2 is 2.13 bits per heavy atom. The van der Waals surface area contributed by atoms with Crippen LogP contribution in [0.3, 0.4) is 0 Å². The molecule has 5 rings (SSSR count). The van der Waals surface area contributed by atoms with Gasteiger partial charge < -0.3 is 5.32 Å². The first-order chi connectivity index (χ1) is 15.1. The van der Waals surface area contributed by atoms with Crippen LogP contribution in [-0.4, -0.2) is 40.3 Å². The van der Waals surface area contributed by atoms with E-state index in [9.17, 15) is 4.79 Å². The van der Waals surface area contributed by atoms with Gasteiger partial charge in [0, 0.05) is 29.6 Å². The Bertz CT molecular complexity index is 1240. The minimum Gasteiger partial charge on any atom is -0.349 e.